The van der Waals surface area contributed by atoms with Crippen LogP contribution in [0.2, 0.25) is 0 Å². The molecule has 0 N–H and O–H groups in total. The predicted molar refractivity (Wildman–Crippen MR) is 135 cm³/mol. The minimum absolute atomic E-state index is 0.0604. The van der Waals surface area contributed by atoms with Gasteiger partial charge in [0, 0.05) is 36.7 Å². The van der Waals surface area contributed by atoms with Gasteiger partial charge >= 0.3 is 0 Å². The Morgan fingerprint density at radius 2 is 1.89 bits per heavy atom. The summed E-state index contributed by atoms with van der Waals surface area (Å²) in [5.41, 5.74) is 2.43. The van der Waals surface area contributed by atoms with Crippen LogP contribution in [0.15, 0.2) is 60.0 Å². The molecule has 0 spiro atoms. The monoisotopic (exact) mass is 505 g/mol. The molecule has 0 bridgehead atoms. The number of aromatic nitrogens is 1. The van der Waals surface area contributed by atoms with Crippen LogP contribution in [0.25, 0.3) is 10.9 Å². The number of thiophene rings is 1. The molecule has 0 saturated carbocycles. The highest BCUT2D eigenvalue weighted by molar-refractivity contribution is 7.12. The van der Waals surface area contributed by atoms with Gasteiger partial charge in [0.15, 0.2) is 11.5 Å². The number of nitrogens with zero attached hydrogens (tertiary/aromatic N) is 3. The summed E-state index contributed by atoms with van der Waals surface area (Å²) >= 11 is 1.42. The van der Waals surface area contributed by atoms with Gasteiger partial charge in [0.1, 0.15) is 11.6 Å². The normalized spacial score (nSPS) is 14.9. The summed E-state index contributed by atoms with van der Waals surface area (Å²) in [7, 11) is 0. The van der Waals surface area contributed by atoms with Crippen molar-refractivity contribution in [1.82, 2.24) is 9.88 Å². The Hall–Kier alpha value is -3.69. The Kier molecular flexibility index (Phi) is 6.16. The van der Waals surface area contributed by atoms with E-state index >= 15 is 0 Å². The van der Waals surface area contributed by atoms with Crippen LogP contribution >= 0.6 is 11.3 Å². The third kappa shape index (κ3) is 4.59. The van der Waals surface area contributed by atoms with Crippen molar-refractivity contribution in [3.63, 3.8) is 0 Å². The van der Waals surface area contributed by atoms with Gasteiger partial charge < -0.3 is 24.0 Å². The first-order valence-electron chi connectivity index (χ1n) is 11.8. The van der Waals surface area contributed by atoms with E-state index in [1.807, 2.05) is 46.7 Å². The Bertz CT molecular complexity index is 1410. The van der Waals surface area contributed by atoms with E-state index in [0.717, 1.165) is 22.3 Å². The van der Waals surface area contributed by atoms with Crippen LogP contribution in [0.4, 0.5) is 10.2 Å². The van der Waals surface area contributed by atoms with Gasteiger partial charge in [0.2, 0.25) is 6.79 Å². The van der Waals surface area contributed by atoms with Gasteiger partial charge in [0.25, 0.3) is 5.91 Å². The number of amides is 1. The van der Waals surface area contributed by atoms with Gasteiger partial charge in [-0.05, 0) is 47.3 Å². The van der Waals surface area contributed by atoms with Crippen molar-refractivity contribution < 1.29 is 23.4 Å². The summed E-state index contributed by atoms with van der Waals surface area (Å²) in [4.78, 5) is 23.1. The summed E-state index contributed by atoms with van der Waals surface area (Å²) < 4.78 is 30.5. The van der Waals surface area contributed by atoms with Crippen LogP contribution in [0.3, 0.4) is 0 Å². The topological polar surface area (TPSA) is 64.1 Å². The van der Waals surface area contributed by atoms with E-state index < -0.39 is 0 Å². The number of fused-ring (bicyclic) bond motifs is 2. The molecule has 0 unspecified atom stereocenters. The molecular weight excluding hydrogens is 481 g/mol. The molecule has 2 aliphatic rings. The second-order valence-electron chi connectivity index (χ2n) is 8.73. The number of hydrogen-bond acceptors (Lipinski definition) is 7. The van der Waals surface area contributed by atoms with Crippen molar-refractivity contribution in [3.05, 3.63) is 81.8 Å². The van der Waals surface area contributed by atoms with Gasteiger partial charge in [-0.2, -0.15) is 0 Å². The van der Waals surface area contributed by atoms with E-state index in [0.29, 0.717) is 61.3 Å². The third-order valence-electron chi connectivity index (χ3n) is 6.34. The summed E-state index contributed by atoms with van der Waals surface area (Å²) in [6.07, 6.45) is 0. The van der Waals surface area contributed by atoms with Gasteiger partial charge in [-0.15, -0.1) is 11.3 Å². The van der Waals surface area contributed by atoms with E-state index in [-0.39, 0.29) is 18.5 Å². The van der Waals surface area contributed by atoms with E-state index in [9.17, 15) is 9.18 Å². The van der Waals surface area contributed by atoms with Crippen LogP contribution < -0.4 is 14.4 Å². The van der Waals surface area contributed by atoms with Gasteiger partial charge in [-0.3, -0.25) is 4.79 Å². The Labute approximate surface area is 211 Å². The summed E-state index contributed by atoms with van der Waals surface area (Å²) in [5.74, 6) is 1.75. The molecule has 184 valence electrons. The highest BCUT2D eigenvalue weighted by Crippen LogP contribution is 2.34. The molecule has 2 aromatic carbocycles. The maximum Gasteiger partial charge on any atom is 0.264 e. The zero-order chi connectivity index (χ0) is 24.5. The smallest absolute Gasteiger partial charge is 0.264 e. The average molecular weight is 506 g/mol. The summed E-state index contributed by atoms with van der Waals surface area (Å²) in [5, 5.41) is 2.73. The fourth-order valence-electron chi connectivity index (χ4n) is 4.56. The molecule has 0 aliphatic carbocycles. The van der Waals surface area contributed by atoms with Crippen LogP contribution in [-0.4, -0.2) is 48.9 Å². The molecule has 6 rings (SSSR count). The standard InChI is InChI=1S/C27H24FN3O4S/c28-21-5-4-19-13-20(26(29-22(19)14-21)30-7-9-33-10-8-30)16-31(27(32)25-2-1-11-36-25)15-18-3-6-23-24(12-18)35-17-34-23/h1-6,11-14H,7-10,15-17H2. The highest BCUT2D eigenvalue weighted by Gasteiger charge is 2.24. The van der Waals surface area contributed by atoms with Crippen molar-refractivity contribution in [1.29, 1.82) is 0 Å². The highest BCUT2D eigenvalue weighted by atomic mass is 32.1. The molecule has 1 fully saturated rings. The molecule has 2 aromatic heterocycles. The number of rotatable bonds is 6. The van der Waals surface area contributed by atoms with Gasteiger partial charge in [-0.25, -0.2) is 9.37 Å². The molecule has 1 saturated heterocycles. The SMILES string of the molecule is O=C(c1cccs1)N(Cc1ccc2c(c1)OCO2)Cc1cc2ccc(F)cc2nc1N1CCOCC1. The number of benzene rings is 2. The quantitative estimate of drug-likeness (QED) is 0.374. The second kappa shape index (κ2) is 9.75. The number of hydrogen-bond donors (Lipinski definition) is 0. The number of halogens is 1. The lowest BCUT2D eigenvalue weighted by Crippen LogP contribution is -2.38. The number of ether oxygens (including phenoxy) is 3. The maximum absolute atomic E-state index is 14.0. The molecule has 7 nitrogen and oxygen atoms in total. The van der Waals surface area contributed by atoms with Crippen LogP contribution in [0.1, 0.15) is 20.8 Å². The van der Waals surface area contributed by atoms with Crippen molar-refractivity contribution in [2.24, 2.45) is 0 Å². The average Bonchev–Trinajstić information content (AvgIpc) is 3.60. The number of morpholine rings is 1. The number of pyridine rings is 1. The van der Waals surface area contributed by atoms with Crippen molar-refractivity contribution in [3.8, 4) is 11.5 Å². The Balaban J connectivity index is 1.39. The third-order valence-corrected chi connectivity index (χ3v) is 7.20. The van der Waals surface area contributed by atoms with Crippen LogP contribution in [0.5, 0.6) is 11.5 Å². The lowest BCUT2D eigenvalue weighted by atomic mass is 10.1. The molecule has 9 heteroatoms. The van der Waals surface area contributed by atoms with E-state index in [4.69, 9.17) is 19.2 Å². The first-order chi connectivity index (χ1) is 17.6. The lowest BCUT2D eigenvalue weighted by molar-refractivity contribution is 0.0734. The summed E-state index contributed by atoms with van der Waals surface area (Å²) in [6.45, 7) is 3.48. The molecule has 0 atom stereocenters. The fraction of sp³-hybridized carbons (Fsp3) is 0.259. The predicted octanol–water partition coefficient (Wildman–Crippen LogP) is 4.84. The zero-order valence-electron chi connectivity index (χ0n) is 19.5. The van der Waals surface area contributed by atoms with E-state index in [2.05, 4.69) is 4.90 Å². The number of carbonyl (C=O) groups is 1. The van der Waals surface area contributed by atoms with Crippen molar-refractivity contribution >= 4 is 34.0 Å². The molecule has 2 aliphatic heterocycles. The molecule has 4 aromatic rings. The minimum atomic E-state index is -0.326. The van der Waals surface area contributed by atoms with Crippen molar-refractivity contribution in [2.45, 2.75) is 13.1 Å². The number of anilines is 1. The zero-order valence-corrected chi connectivity index (χ0v) is 20.3. The molecule has 36 heavy (non-hydrogen) atoms. The van der Waals surface area contributed by atoms with Crippen LogP contribution in [0, 0.1) is 5.82 Å². The fourth-order valence-corrected chi connectivity index (χ4v) is 5.25. The second-order valence-corrected chi connectivity index (χ2v) is 9.68. The molecular formula is C27H24FN3O4S. The lowest BCUT2D eigenvalue weighted by Gasteiger charge is -2.31. The minimum Gasteiger partial charge on any atom is -0.454 e. The summed E-state index contributed by atoms with van der Waals surface area (Å²) in [6, 6.07) is 16.1. The van der Waals surface area contributed by atoms with E-state index in [1.165, 1.54) is 23.5 Å². The molecule has 4 heterocycles. The van der Waals surface area contributed by atoms with Crippen molar-refractivity contribution in [2.75, 3.05) is 38.0 Å². The Morgan fingerprint density at radius 1 is 1.03 bits per heavy atom. The van der Waals surface area contributed by atoms with Gasteiger partial charge in [-0.1, -0.05) is 12.1 Å². The largest absolute Gasteiger partial charge is 0.454 e. The first-order valence-corrected chi connectivity index (χ1v) is 12.7. The molecule has 0 radical (unpaired) electrons. The maximum atomic E-state index is 14.0. The first kappa shape index (κ1) is 22.8. The molecule has 1 amide bonds. The Morgan fingerprint density at radius 3 is 2.72 bits per heavy atom. The van der Waals surface area contributed by atoms with Crippen LogP contribution in [-0.2, 0) is 17.8 Å². The van der Waals surface area contributed by atoms with E-state index in [1.54, 1.807) is 6.07 Å². The number of carbonyl (C=O) groups excluding carboxylic acids is 1. The van der Waals surface area contributed by atoms with Gasteiger partial charge in [0.05, 0.1) is 30.2 Å².